The second kappa shape index (κ2) is 5.65. The van der Waals surface area contributed by atoms with Crippen LogP contribution in [0.2, 0.25) is 0 Å². The Balaban J connectivity index is 1.95. The van der Waals surface area contributed by atoms with Crippen molar-refractivity contribution in [1.82, 2.24) is 0 Å². The van der Waals surface area contributed by atoms with Gasteiger partial charge in [0.05, 0.1) is 0 Å². The summed E-state index contributed by atoms with van der Waals surface area (Å²) in [6.45, 7) is 7.11. The predicted octanol–water partition coefficient (Wildman–Crippen LogP) is 5.15. The number of allylic oxidation sites excluding steroid dienone is 2. The van der Waals surface area contributed by atoms with Gasteiger partial charge in [0.1, 0.15) is 7.85 Å². The molecule has 0 N–H and O–H groups in total. The number of rotatable bonds is 2. The molecule has 2 aromatic carbocycles. The molecule has 0 heterocycles. The lowest BCUT2D eigenvalue weighted by Gasteiger charge is -2.37. The quantitative estimate of drug-likeness (QED) is 0.531. The molecule has 2 aromatic rings. The fraction of sp³-hybridized carbons (Fsp3) is 0.391. The van der Waals surface area contributed by atoms with Crippen LogP contribution in [0.5, 0.6) is 0 Å². The summed E-state index contributed by atoms with van der Waals surface area (Å²) in [6.07, 6.45) is 6.34. The molecule has 0 nitrogen and oxygen atoms in total. The van der Waals surface area contributed by atoms with E-state index in [0.29, 0.717) is 5.92 Å². The third-order valence-corrected chi connectivity index (χ3v) is 6.26. The third kappa shape index (κ3) is 2.21. The minimum absolute atomic E-state index is 0.0383. The Morgan fingerprint density at radius 3 is 2.62 bits per heavy atom. The first-order chi connectivity index (χ1) is 11.5. The van der Waals surface area contributed by atoms with E-state index in [4.69, 9.17) is 7.85 Å². The van der Waals surface area contributed by atoms with Crippen LogP contribution in [0.3, 0.4) is 0 Å². The van der Waals surface area contributed by atoms with E-state index in [2.05, 4.69) is 63.2 Å². The Kier molecular flexibility index (Phi) is 3.71. The lowest BCUT2D eigenvalue weighted by Crippen LogP contribution is -2.29. The highest BCUT2D eigenvalue weighted by Gasteiger charge is 2.43. The normalized spacial score (nSPS) is 28.2. The first-order valence-corrected chi connectivity index (χ1v) is 9.25. The van der Waals surface area contributed by atoms with E-state index < -0.39 is 0 Å². The standard InChI is InChI=1S/C23H25B/c1-4-16-11-15(2)12-17(13-16)23(3)21-8-6-5-7-19(21)20-10-9-18(24)14-22(20)23/h5-10,12,14-16H,4,11,13H2,1-3H3. The summed E-state index contributed by atoms with van der Waals surface area (Å²) in [5.74, 6) is 1.46. The van der Waals surface area contributed by atoms with Crippen molar-refractivity contribution >= 4 is 13.3 Å². The molecule has 0 fully saturated rings. The van der Waals surface area contributed by atoms with E-state index in [0.717, 1.165) is 11.4 Å². The van der Waals surface area contributed by atoms with Crippen molar-refractivity contribution in [3.05, 3.63) is 65.2 Å². The van der Waals surface area contributed by atoms with Gasteiger partial charge >= 0.3 is 0 Å². The van der Waals surface area contributed by atoms with Crippen LogP contribution in [0.25, 0.3) is 11.1 Å². The minimum atomic E-state index is -0.0383. The zero-order valence-electron chi connectivity index (χ0n) is 15.0. The van der Waals surface area contributed by atoms with Gasteiger partial charge in [-0.2, -0.15) is 0 Å². The molecule has 2 radical (unpaired) electrons. The SMILES string of the molecule is [B]c1ccc2c(c1)C(C)(C1=CC(C)CC(CC)C1)c1ccccc1-2. The van der Waals surface area contributed by atoms with Crippen LogP contribution in [0.4, 0.5) is 0 Å². The van der Waals surface area contributed by atoms with E-state index in [1.807, 2.05) is 6.07 Å². The zero-order chi connectivity index (χ0) is 16.9. The van der Waals surface area contributed by atoms with Crippen LogP contribution in [-0.4, -0.2) is 7.85 Å². The number of hydrogen-bond donors (Lipinski definition) is 0. The summed E-state index contributed by atoms with van der Waals surface area (Å²) >= 11 is 0. The van der Waals surface area contributed by atoms with E-state index in [9.17, 15) is 0 Å². The predicted molar refractivity (Wildman–Crippen MR) is 104 cm³/mol. The maximum atomic E-state index is 6.18. The van der Waals surface area contributed by atoms with Gasteiger partial charge in [-0.05, 0) is 53.9 Å². The molecule has 0 amide bonds. The molecule has 0 bridgehead atoms. The molecular weight excluding hydrogens is 287 g/mol. The second-order valence-corrected chi connectivity index (χ2v) is 7.86. The van der Waals surface area contributed by atoms with E-state index in [1.54, 1.807) is 5.57 Å². The summed E-state index contributed by atoms with van der Waals surface area (Å²) in [5.41, 5.74) is 7.98. The number of fused-ring (bicyclic) bond motifs is 3. The van der Waals surface area contributed by atoms with E-state index in [-0.39, 0.29) is 5.41 Å². The van der Waals surface area contributed by atoms with E-state index >= 15 is 0 Å². The lowest BCUT2D eigenvalue weighted by atomic mass is 9.66. The van der Waals surface area contributed by atoms with Crippen LogP contribution in [-0.2, 0) is 5.41 Å². The fourth-order valence-corrected chi connectivity index (χ4v) is 4.94. The van der Waals surface area contributed by atoms with Crippen molar-refractivity contribution < 1.29 is 0 Å². The average molecular weight is 312 g/mol. The number of hydrogen-bond acceptors (Lipinski definition) is 0. The van der Waals surface area contributed by atoms with Crippen molar-refractivity contribution in [3.8, 4) is 11.1 Å². The summed E-state index contributed by atoms with van der Waals surface area (Å²) in [4.78, 5) is 0. The Morgan fingerprint density at radius 1 is 1.08 bits per heavy atom. The highest BCUT2D eigenvalue weighted by Crippen LogP contribution is 2.54. The molecule has 0 saturated heterocycles. The van der Waals surface area contributed by atoms with Crippen molar-refractivity contribution in [1.29, 1.82) is 0 Å². The molecule has 0 saturated carbocycles. The summed E-state index contributed by atoms with van der Waals surface area (Å²) in [6, 6.07) is 15.4. The van der Waals surface area contributed by atoms with Crippen molar-refractivity contribution in [2.24, 2.45) is 11.8 Å². The van der Waals surface area contributed by atoms with Crippen molar-refractivity contribution in [2.75, 3.05) is 0 Å². The van der Waals surface area contributed by atoms with Crippen LogP contribution < -0.4 is 5.46 Å². The zero-order valence-corrected chi connectivity index (χ0v) is 15.0. The van der Waals surface area contributed by atoms with Gasteiger partial charge in [-0.1, -0.05) is 79.8 Å². The van der Waals surface area contributed by atoms with E-state index in [1.165, 1.54) is 41.5 Å². The molecule has 2 aliphatic rings. The second-order valence-electron chi connectivity index (χ2n) is 7.86. The average Bonchev–Trinajstić information content (AvgIpc) is 2.84. The van der Waals surface area contributed by atoms with Gasteiger partial charge in [-0.3, -0.25) is 0 Å². The highest BCUT2D eigenvalue weighted by molar-refractivity contribution is 6.32. The van der Waals surface area contributed by atoms with Crippen molar-refractivity contribution in [3.63, 3.8) is 0 Å². The summed E-state index contributed by atoms with van der Waals surface area (Å²) in [5, 5.41) is 0. The third-order valence-electron chi connectivity index (χ3n) is 6.26. The largest absolute Gasteiger partial charge is 0.113 e. The van der Waals surface area contributed by atoms with Gasteiger partial charge in [0.15, 0.2) is 0 Å². The molecule has 4 rings (SSSR count). The lowest BCUT2D eigenvalue weighted by molar-refractivity contribution is 0.373. The highest BCUT2D eigenvalue weighted by atomic mass is 14.5. The molecule has 0 spiro atoms. The van der Waals surface area contributed by atoms with Gasteiger partial charge in [0, 0.05) is 5.41 Å². The van der Waals surface area contributed by atoms with Crippen LogP contribution >= 0.6 is 0 Å². The Labute approximate surface area is 147 Å². The molecule has 3 unspecified atom stereocenters. The van der Waals surface area contributed by atoms with Gasteiger partial charge < -0.3 is 0 Å². The van der Waals surface area contributed by atoms with Crippen LogP contribution in [0.15, 0.2) is 54.1 Å². The fourth-order valence-electron chi connectivity index (χ4n) is 4.94. The molecule has 0 aliphatic heterocycles. The molecule has 0 aromatic heterocycles. The van der Waals surface area contributed by atoms with Gasteiger partial charge in [-0.15, -0.1) is 0 Å². The Bertz CT molecular complexity index is 817. The van der Waals surface area contributed by atoms with Gasteiger partial charge in [-0.25, -0.2) is 0 Å². The first-order valence-electron chi connectivity index (χ1n) is 9.25. The summed E-state index contributed by atoms with van der Waals surface area (Å²) < 4.78 is 0. The molecule has 3 atom stereocenters. The summed E-state index contributed by atoms with van der Waals surface area (Å²) in [7, 11) is 6.18. The Morgan fingerprint density at radius 2 is 1.83 bits per heavy atom. The Hall–Kier alpha value is -1.76. The molecule has 24 heavy (non-hydrogen) atoms. The molecule has 120 valence electrons. The van der Waals surface area contributed by atoms with Crippen LogP contribution in [0.1, 0.15) is 51.2 Å². The van der Waals surface area contributed by atoms with Crippen LogP contribution in [0, 0.1) is 11.8 Å². The number of benzene rings is 2. The van der Waals surface area contributed by atoms with Gasteiger partial charge in [0.25, 0.3) is 0 Å². The topological polar surface area (TPSA) is 0 Å². The molecule has 2 aliphatic carbocycles. The minimum Gasteiger partial charge on any atom is -0.0963 e. The van der Waals surface area contributed by atoms with Gasteiger partial charge in [0.2, 0.25) is 0 Å². The maximum absolute atomic E-state index is 6.18. The molecular formula is C23H25B. The smallest absolute Gasteiger partial charge is 0.0963 e. The first kappa shape index (κ1) is 15.8. The maximum Gasteiger partial charge on any atom is 0.113 e. The molecule has 1 heteroatoms. The monoisotopic (exact) mass is 312 g/mol. The van der Waals surface area contributed by atoms with Crippen molar-refractivity contribution in [2.45, 2.75) is 45.4 Å².